The van der Waals surface area contributed by atoms with E-state index >= 15 is 0 Å². The molecule has 6 aromatic carbocycles. The van der Waals surface area contributed by atoms with Crippen LogP contribution in [0.2, 0.25) is 0 Å². The van der Waals surface area contributed by atoms with Gasteiger partial charge in [0.1, 0.15) is 0 Å². The molecule has 6 rings (SSSR count). The Morgan fingerprint density at radius 2 is 0.639 bits per heavy atom. The first-order chi connectivity index (χ1) is 17.5. The molecule has 0 fully saturated rings. The van der Waals surface area contributed by atoms with Gasteiger partial charge in [-0.2, -0.15) is 0 Å². The van der Waals surface area contributed by atoms with E-state index in [1.54, 1.807) is 0 Å². The second-order valence-electron chi connectivity index (χ2n) is 9.68. The maximum atomic E-state index is 2.26. The summed E-state index contributed by atoms with van der Waals surface area (Å²) in [6.07, 6.45) is 0. The highest BCUT2D eigenvalue weighted by Gasteiger charge is 2.09. The first kappa shape index (κ1) is 23.6. The van der Waals surface area contributed by atoms with Crippen molar-refractivity contribution in [1.29, 1.82) is 0 Å². The highest BCUT2D eigenvalue weighted by atomic mass is 14.1. The summed E-state index contributed by atoms with van der Waals surface area (Å²) in [4.78, 5) is 0. The first-order valence-corrected chi connectivity index (χ1v) is 12.6. The Morgan fingerprint density at radius 3 is 1.00 bits per heavy atom. The van der Waals surface area contributed by atoms with Crippen molar-refractivity contribution in [2.75, 3.05) is 0 Å². The van der Waals surface area contributed by atoms with Gasteiger partial charge in [0, 0.05) is 0 Å². The van der Waals surface area contributed by atoms with Crippen LogP contribution in [-0.4, -0.2) is 0 Å². The summed E-state index contributed by atoms with van der Waals surface area (Å²) in [6, 6.07) is 43.6. The van der Waals surface area contributed by atoms with Crippen LogP contribution in [-0.2, 0) is 0 Å². The number of rotatable bonds is 2. The standard InChI is InChI=1S/C22H18.C14H14/c1-15-11-13-21(19-9-5-3-7-17(15)19)22-14-12-16(2)18-8-4-6-10-20(18)22;1-11-3-7-13(8-4-11)14-9-5-12(2)6-10-14/h3-14H,1-2H3;3-10H,1-2H3. The minimum Gasteiger partial charge on any atom is -0.0616 e. The Morgan fingerprint density at radius 1 is 0.306 bits per heavy atom. The predicted octanol–water partition coefficient (Wildman–Crippen LogP) is 10.2. The van der Waals surface area contributed by atoms with Gasteiger partial charge in [-0.3, -0.25) is 0 Å². The topological polar surface area (TPSA) is 0 Å². The molecule has 0 unspecified atom stereocenters. The molecule has 0 saturated heterocycles. The van der Waals surface area contributed by atoms with Gasteiger partial charge in [-0.25, -0.2) is 0 Å². The molecule has 0 heterocycles. The molecule has 0 heteroatoms. The number of hydrogen-bond acceptors (Lipinski definition) is 0. The zero-order valence-corrected chi connectivity index (χ0v) is 21.5. The third-order valence-electron chi connectivity index (χ3n) is 7.01. The molecular formula is C36H32. The number of benzene rings is 6. The van der Waals surface area contributed by atoms with Crippen LogP contribution < -0.4 is 0 Å². The van der Waals surface area contributed by atoms with E-state index in [9.17, 15) is 0 Å². The monoisotopic (exact) mass is 464 g/mol. The van der Waals surface area contributed by atoms with Gasteiger partial charge in [0.15, 0.2) is 0 Å². The summed E-state index contributed by atoms with van der Waals surface area (Å²) in [5.74, 6) is 0. The van der Waals surface area contributed by atoms with Gasteiger partial charge < -0.3 is 0 Å². The number of hydrogen-bond donors (Lipinski definition) is 0. The highest BCUT2D eigenvalue weighted by molar-refractivity contribution is 6.06. The maximum Gasteiger partial charge on any atom is -0.00990 e. The van der Waals surface area contributed by atoms with Crippen LogP contribution in [0.5, 0.6) is 0 Å². The number of fused-ring (bicyclic) bond motifs is 2. The third-order valence-corrected chi connectivity index (χ3v) is 7.01. The zero-order valence-electron chi connectivity index (χ0n) is 21.5. The lowest BCUT2D eigenvalue weighted by atomic mass is 9.91. The SMILES string of the molecule is Cc1ccc(-c2ccc(C)c3ccccc23)c2ccccc12.Cc1ccc(-c2ccc(C)cc2)cc1. The molecule has 0 aromatic heterocycles. The van der Waals surface area contributed by atoms with E-state index in [2.05, 4.69) is 149 Å². The van der Waals surface area contributed by atoms with Crippen LogP contribution in [0, 0.1) is 27.7 Å². The molecule has 0 bridgehead atoms. The van der Waals surface area contributed by atoms with Crippen molar-refractivity contribution >= 4 is 21.5 Å². The summed E-state index contributed by atoms with van der Waals surface area (Å²) in [5.41, 5.74) is 10.5. The molecule has 0 aliphatic heterocycles. The molecule has 0 aliphatic carbocycles. The van der Waals surface area contributed by atoms with Crippen molar-refractivity contribution in [3.8, 4) is 22.3 Å². The van der Waals surface area contributed by atoms with Gasteiger partial charge in [0.25, 0.3) is 0 Å². The molecule has 0 N–H and O–H groups in total. The minimum atomic E-state index is 1.29. The van der Waals surface area contributed by atoms with E-state index in [0.717, 1.165) is 0 Å². The molecule has 0 saturated carbocycles. The van der Waals surface area contributed by atoms with E-state index in [0.29, 0.717) is 0 Å². The van der Waals surface area contributed by atoms with E-state index < -0.39 is 0 Å². The van der Waals surface area contributed by atoms with Crippen LogP contribution in [0.15, 0.2) is 121 Å². The Balaban J connectivity index is 0.000000165. The lowest BCUT2D eigenvalue weighted by Crippen LogP contribution is -1.87. The van der Waals surface area contributed by atoms with Crippen LogP contribution in [0.25, 0.3) is 43.8 Å². The van der Waals surface area contributed by atoms with Crippen LogP contribution in [0.3, 0.4) is 0 Å². The zero-order chi connectivity index (χ0) is 25.1. The molecule has 6 aromatic rings. The van der Waals surface area contributed by atoms with Gasteiger partial charge in [-0.1, -0.05) is 132 Å². The van der Waals surface area contributed by atoms with Crippen molar-refractivity contribution in [3.63, 3.8) is 0 Å². The second kappa shape index (κ2) is 10.2. The van der Waals surface area contributed by atoms with Crippen LogP contribution in [0.4, 0.5) is 0 Å². The normalized spacial score (nSPS) is 10.8. The minimum absolute atomic E-state index is 1.29. The quantitative estimate of drug-likeness (QED) is 0.239. The molecule has 0 amide bonds. The lowest BCUT2D eigenvalue weighted by molar-refractivity contribution is 1.45. The fraction of sp³-hybridized carbons (Fsp3) is 0.111. The third kappa shape index (κ3) is 4.81. The Labute approximate surface area is 214 Å². The Kier molecular flexibility index (Phi) is 6.69. The van der Waals surface area contributed by atoms with Crippen molar-refractivity contribution in [1.82, 2.24) is 0 Å². The molecule has 0 spiro atoms. The van der Waals surface area contributed by atoms with Gasteiger partial charge >= 0.3 is 0 Å². The van der Waals surface area contributed by atoms with Crippen LogP contribution >= 0.6 is 0 Å². The average molecular weight is 465 g/mol. The van der Waals surface area contributed by atoms with Crippen molar-refractivity contribution in [2.24, 2.45) is 0 Å². The molecule has 36 heavy (non-hydrogen) atoms. The molecule has 0 atom stereocenters. The van der Waals surface area contributed by atoms with Gasteiger partial charge in [0.2, 0.25) is 0 Å². The molecule has 0 nitrogen and oxygen atoms in total. The summed E-state index contributed by atoms with van der Waals surface area (Å²) in [5, 5.41) is 5.34. The smallest absolute Gasteiger partial charge is 0.00990 e. The van der Waals surface area contributed by atoms with Gasteiger partial charge in [-0.05, 0) is 82.6 Å². The molecule has 0 radical (unpaired) electrons. The molecule has 176 valence electrons. The summed E-state index contributed by atoms with van der Waals surface area (Å²) >= 11 is 0. The first-order valence-electron chi connectivity index (χ1n) is 12.6. The lowest BCUT2D eigenvalue weighted by Gasteiger charge is -2.13. The Hall–Kier alpha value is -4.16. The van der Waals surface area contributed by atoms with Crippen molar-refractivity contribution < 1.29 is 0 Å². The van der Waals surface area contributed by atoms with Crippen molar-refractivity contribution in [3.05, 3.63) is 144 Å². The average Bonchev–Trinajstić information content (AvgIpc) is 2.91. The predicted molar refractivity (Wildman–Crippen MR) is 158 cm³/mol. The molecule has 0 aliphatic rings. The fourth-order valence-corrected chi connectivity index (χ4v) is 4.86. The van der Waals surface area contributed by atoms with E-state index in [4.69, 9.17) is 0 Å². The van der Waals surface area contributed by atoms with Crippen LogP contribution in [0.1, 0.15) is 22.3 Å². The van der Waals surface area contributed by atoms with Gasteiger partial charge in [-0.15, -0.1) is 0 Å². The van der Waals surface area contributed by atoms with E-state index in [-0.39, 0.29) is 0 Å². The Bertz CT molecular complexity index is 1510. The summed E-state index contributed by atoms with van der Waals surface area (Å²) in [6.45, 7) is 8.58. The second-order valence-corrected chi connectivity index (χ2v) is 9.68. The van der Waals surface area contributed by atoms with Crippen molar-refractivity contribution in [2.45, 2.75) is 27.7 Å². The van der Waals surface area contributed by atoms with E-state index in [1.807, 2.05) is 0 Å². The summed E-state index contributed by atoms with van der Waals surface area (Å²) < 4.78 is 0. The number of aryl methyl sites for hydroxylation is 4. The summed E-state index contributed by atoms with van der Waals surface area (Å²) in [7, 11) is 0. The highest BCUT2D eigenvalue weighted by Crippen LogP contribution is 2.36. The van der Waals surface area contributed by atoms with Gasteiger partial charge in [0.05, 0.1) is 0 Å². The fourth-order valence-electron chi connectivity index (χ4n) is 4.86. The maximum absolute atomic E-state index is 2.26. The largest absolute Gasteiger partial charge is 0.0616 e. The van der Waals surface area contributed by atoms with E-state index in [1.165, 1.54) is 66.1 Å². The molecular weight excluding hydrogens is 432 g/mol.